The van der Waals surface area contributed by atoms with E-state index in [-0.39, 0.29) is 18.6 Å². The molecule has 0 atom stereocenters. The minimum Gasteiger partial charge on any atom is -0.369 e. The molecule has 0 radical (unpaired) electrons. The largest absolute Gasteiger partial charge is 0.369 e. The molecule has 1 N–H and O–H groups in total. The monoisotopic (exact) mass is 269 g/mol. The molecular weight excluding hydrogens is 250 g/mol. The van der Waals surface area contributed by atoms with Crippen molar-refractivity contribution in [3.05, 3.63) is 54.6 Å². The Kier molecular flexibility index (Phi) is 4.91. The van der Waals surface area contributed by atoms with Gasteiger partial charge in [0.1, 0.15) is 6.61 Å². The van der Waals surface area contributed by atoms with Gasteiger partial charge in [-0.1, -0.05) is 42.5 Å². The molecule has 2 rings (SSSR count). The van der Waals surface area contributed by atoms with Crippen LogP contribution in [0.5, 0.6) is 0 Å². The van der Waals surface area contributed by atoms with Gasteiger partial charge < -0.3 is 10.1 Å². The first-order valence-electron chi connectivity index (χ1n) is 6.72. The van der Waals surface area contributed by atoms with Gasteiger partial charge in [-0.15, -0.1) is 0 Å². The zero-order chi connectivity index (χ0) is 14.4. The van der Waals surface area contributed by atoms with Crippen molar-refractivity contribution >= 4 is 11.6 Å². The Morgan fingerprint density at radius 3 is 2.20 bits per heavy atom. The molecule has 3 nitrogen and oxygen atoms in total. The van der Waals surface area contributed by atoms with E-state index in [1.165, 1.54) is 0 Å². The molecule has 0 saturated heterocycles. The fourth-order valence-corrected chi connectivity index (χ4v) is 1.82. The highest BCUT2D eigenvalue weighted by molar-refractivity contribution is 5.91. The van der Waals surface area contributed by atoms with Crippen LogP contribution in [0.2, 0.25) is 0 Å². The van der Waals surface area contributed by atoms with Crippen LogP contribution in [0.25, 0.3) is 11.1 Å². The number of rotatable bonds is 5. The van der Waals surface area contributed by atoms with Crippen molar-refractivity contribution in [2.75, 3.05) is 11.9 Å². The molecule has 0 heterocycles. The quantitative estimate of drug-likeness (QED) is 0.898. The molecule has 3 heteroatoms. The summed E-state index contributed by atoms with van der Waals surface area (Å²) in [6.07, 6.45) is 0.0567. The van der Waals surface area contributed by atoms with Crippen molar-refractivity contribution in [1.82, 2.24) is 0 Å². The van der Waals surface area contributed by atoms with Gasteiger partial charge in [0, 0.05) is 5.69 Å². The Morgan fingerprint density at radius 1 is 1.00 bits per heavy atom. The van der Waals surface area contributed by atoms with E-state index in [1.54, 1.807) is 0 Å². The fraction of sp³-hybridized carbons (Fsp3) is 0.235. The van der Waals surface area contributed by atoms with Crippen LogP contribution in [0, 0.1) is 0 Å². The molecule has 1 amide bonds. The first-order valence-corrected chi connectivity index (χ1v) is 6.72. The zero-order valence-electron chi connectivity index (χ0n) is 11.8. The SMILES string of the molecule is CC(C)OCC(=O)Nc1ccc(-c2ccccc2)cc1. The average molecular weight is 269 g/mol. The predicted octanol–water partition coefficient (Wildman–Crippen LogP) is 3.72. The number of carbonyl (C=O) groups is 1. The Bertz CT molecular complexity index is 547. The summed E-state index contributed by atoms with van der Waals surface area (Å²) >= 11 is 0. The van der Waals surface area contributed by atoms with E-state index in [4.69, 9.17) is 4.74 Å². The van der Waals surface area contributed by atoms with Crippen LogP contribution in [0.4, 0.5) is 5.69 Å². The summed E-state index contributed by atoms with van der Waals surface area (Å²) in [5.74, 6) is -0.133. The molecule has 0 bridgehead atoms. The highest BCUT2D eigenvalue weighted by atomic mass is 16.5. The van der Waals surface area contributed by atoms with Crippen molar-refractivity contribution < 1.29 is 9.53 Å². The van der Waals surface area contributed by atoms with Crippen LogP contribution in [0.3, 0.4) is 0 Å². The van der Waals surface area contributed by atoms with Gasteiger partial charge in [-0.05, 0) is 37.1 Å². The molecule has 2 aromatic carbocycles. The van der Waals surface area contributed by atoms with Gasteiger partial charge in [-0.25, -0.2) is 0 Å². The maximum atomic E-state index is 11.6. The molecule has 0 unspecified atom stereocenters. The van der Waals surface area contributed by atoms with Crippen LogP contribution in [-0.2, 0) is 9.53 Å². The van der Waals surface area contributed by atoms with Crippen LogP contribution < -0.4 is 5.32 Å². The number of carbonyl (C=O) groups excluding carboxylic acids is 1. The van der Waals surface area contributed by atoms with Gasteiger partial charge in [-0.2, -0.15) is 0 Å². The molecule has 0 fully saturated rings. The molecule has 0 aliphatic rings. The molecule has 2 aromatic rings. The van der Waals surface area contributed by atoms with Crippen molar-refractivity contribution in [1.29, 1.82) is 0 Å². The maximum absolute atomic E-state index is 11.6. The number of hydrogen-bond donors (Lipinski definition) is 1. The molecule has 0 aliphatic carbocycles. The van der Waals surface area contributed by atoms with Gasteiger partial charge in [-0.3, -0.25) is 4.79 Å². The lowest BCUT2D eigenvalue weighted by molar-refractivity contribution is -0.121. The summed E-state index contributed by atoms with van der Waals surface area (Å²) in [5, 5.41) is 2.81. The third kappa shape index (κ3) is 4.21. The van der Waals surface area contributed by atoms with Gasteiger partial charge >= 0.3 is 0 Å². The molecule has 0 aliphatic heterocycles. The number of amides is 1. The topological polar surface area (TPSA) is 38.3 Å². The van der Waals surface area contributed by atoms with Crippen LogP contribution in [-0.4, -0.2) is 18.6 Å². The van der Waals surface area contributed by atoms with E-state index in [2.05, 4.69) is 17.4 Å². The van der Waals surface area contributed by atoms with Crippen LogP contribution in [0.15, 0.2) is 54.6 Å². The third-order valence-electron chi connectivity index (χ3n) is 2.82. The summed E-state index contributed by atoms with van der Waals surface area (Å²) in [6, 6.07) is 17.9. The maximum Gasteiger partial charge on any atom is 0.250 e. The highest BCUT2D eigenvalue weighted by Gasteiger charge is 2.04. The summed E-state index contributed by atoms with van der Waals surface area (Å²) in [7, 11) is 0. The Hall–Kier alpha value is -2.13. The second-order valence-electron chi connectivity index (χ2n) is 4.85. The minimum absolute atomic E-state index is 0.0567. The Morgan fingerprint density at radius 2 is 1.60 bits per heavy atom. The minimum atomic E-state index is -0.133. The predicted molar refractivity (Wildman–Crippen MR) is 81.6 cm³/mol. The van der Waals surface area contributed by atoms with Crippen molar-refractivity contribution in [3.63, 3.8) is 0 Å². The van der Waals surface area contributed by atoms with Crippen molar-refractivity contribution in [3.8, 4) is 11.1 Å². The Labute approximate surface area is 119 Å². The lowest BCUT2D eigenvalue weighted by atomic mass is 10.1. The normalized spacial score (nSPS) is 10.6. The number of benzene rings is 2. The van der Waals surface area contributed by atoms with E-state index in [9.17, 15) is 4.79 Å². The van der Waals surface area contributed by atoms with Crippen LogP contribution >= 0.6 is 0 Å². The summed E-state index contributed by atoms with van der Waals surface area (Å²) < 4.78 is 5.26. The lowest BCUT2D eigenvalue weighted by Gasteiger charge is -2.09. The van der Waals surface area contributed by atoms with E-state index in [0.717, 1.165) is 16.8 Å². The standard InChI is InChI=1S/C17H19NO2/c1-13(2)20-12-17(19)18-16-10-8-15(9-11-16)14-6-4-3-5-7-14/h3-11,13H,12H2,1-2H3,(H,18,19). The fourth-order valence-electron chi connectivity index (χ4n) is 1.82. The summed E-state index contributed by atoms with van der Waals surface area (Å²) in [6.45, 7) is 3.89. The average Bonchev–Trinajstić information content (AvgIpc) is 2.47. The first kappa shape index (κ1) is 14.3. The molecule has 0 spiro atoms. The number of hydrogen-bond acceptors (Lipinski definition) is 2. The van der Waals surface area contributed by atoms with Crippen LogP contribution in [0.1, 0.15) is 13.8 Å². The smallest absolute Gasteiger partial charge is 0.250 e. The van der Waals surface area contributed by atoms with E-state index < -0.39 is 0 Å². The zero-order valence-corrected chi connectivity index (χ0v) is 11.8. The Balaban J connectivity index is 1.97. The lowest BCUT2D eigenvalue weighted by Crippen LogP contribution is -2.20. The molecule has 0 saturated carbocycles. The molecule has 104 valence electrons. The van der Waals surface area contributed by atoms with Gasteiger partial charge in [0.15, 0.2) is 0 Å². The molecule has 0 aromatic heterocycles. The van der Waals surface area contributed by atoms with E-state index in [1.807, 2.05) is 56.3 Å². The number of nitrogens with one attached hydrogen (secondary N) is 1. The van der Waals surface area contributed by atoms with E-state index in [0.29, 0.717) is 0 Å². The molecular formula is C17H19NO2. The van der Waals surface area contributed by atoms with E-state index >= 15 is 0 Å². The second-order valence-corrected chi connectivity index (χ2v) is 4.85. The van der Waals surface area contributed by atoms with Gasteiger partial charge in [0.2, 0.25) is 5.91 Å². The highest BCUT2D eigenvalue weighted by Crippen LogP contribution is 2.20. The molecule has 20 heavy (non-hydrogen) atoms. The number of anilines is 1. The van der Waals surface area contributed by atoms with Gasteiger partial charge in [0.25, 0.3) is 0 Å². The first-order chi connectivity index (χ1) is 9.65. The van der Waals surface area contributed by atoms with Crippen molar-refractivity contribution in [2.24, 2.45) is 0 Å². The number of ether oxygens (including phenoxy) is 1. The summed E-state index contributed by atoms with van der Waals surface area (Å²) in [4.78, 5) is 11.6. The second kappa shape index (κ2) is 6.87. The third-order valence-corrected chi connectivity index (χ3v) is 2.82. The van der Waals surface area contributed by atoms with Gasteiger partial charge in [0.05, 0.1) is 6.10 Å². The summed E-state index contributed by atoms with van der Waals surface area (Å²) in [5.41, 5.74) is 3.07. The van der Waals surface area contributed by atoms with Crippen molar-refractivity contribution in [2.45, 2.75) is 20.0 Å².